The molecule has 0 spiro atoms. The lowest BCUT2D eigenvalue weighted by molar-refractivity contribution is -0.189. The molecule has 1 aliphatic rings. The highest BCUT2D eigenvalue weighted by molar-refractivity contribution is 5.88. The van der Waals surface area contributed by atoms with Crippen molar-refractivity contribution < 1.29 is 31.5 Å². The maximum absolute atomic E-state index is 15.8. The highest BCUT2D eigenvalue weighted by atomic mass is 19.4. The van der Waals surface area contributed by atoms with Gasteiger partial charge in [0.1, 0.15) is 29.1 Å². The molecule has 232 valence electrons. The highest BCUT2D eigenvalue weighted by Crippen LogP contribution is 2.43. The lowest BCUT2D eigenvalue weighted by Crippen LogP contribution is -2.41. The monoisotopic (exact) mass is 613 g/mol. The molecule has 0 saturated carbocycles. The van der Waals surface area contributed by atoms with Gasteiger partial charge in [-0.15, -0.1) is 0 Å². The number of hydrogen-bond donors (Lipinski definition) is 2. The number of anilines is 1. The number of carbonyl (C=O) groups excluding carboxylic acids is 1. The third kappa shape index (κ3) is 6.26. The van der Waals surface area contributed by atoms with Gasteiger partial charge in [-0.1, -0.05) is 56.3 Å². The zero-order chi connectivity index (χ0) is 31.8. The Morgan fingerprint density at radius 2 is 1.80 bits per heavy atom. The molecule has 4 aromatic rings. The number of primary amides is 1. The first-order valence-electron chi connectivity index (χ1n) is 14.1. The van der Waals surface area contributed by atoms with Gasteiger partial charge in [-0.25, -0.2) is 18.3 Å². The summed E-state index contributed by atoms with van der Waals surface area (Å²) in [5.74, 6) is -1.30. The molecule has 12 heteroatoms. The van der Waals surface area contributed by atoms with Crippen LogP contribution in [0.3, 0.4) is 0 Å². The number of aryl methyl sites for hydroxylation is 1. The summed E-state index contributed by atoms with van der Waals surface area (Å²) < 4.78 is 82.3. The van der Waals surface area contributed by atoms with Gasteiger partial charge in [-0.05, 0) is 36.1 Å². The molecule has 0 radical (unpaired) electrons. The molecule has 7 nitrogen and oxygen atoms in total. The summed E-state index contributed by atoms with van der Waals surface area (Å²) in [4.78, 5) is 12.6. The van der Waals surface area contributed by atoms with Gasteiger partial charge in [0.25, 0.3) is 0 Å². The van der Waals surface area contributed by atoms with Crippen LogP contribution in [-0.4, -0.2) is 40.0 Å². The number of aromatic nitrogens is 2. The van der Waals surface area contributed by atoms with Gasteiger partial charge in [-0.2, -0.15) is 18.3 Å². The number of alkyl halides is 3. The molecule has 3 N–H and O–H groups in total. The smallest absolute Gasteiger partial charge is 0.408 e. The van der Waals surface area contributed by atoms with E-state index in [9.17, 15) is 18.0 Å². The van der Waals surface area contributed by atoms with Gasteiger partial charge in [0, 0.05) is 36.7 Å². The Bertz CT molecular complexity index is 1670. The maximum Gasteiger partial charge on any atom is 0.408 e. The molecule has 0 aliphatic carbocycles. The zero-order valence-electron chi connectivity index (χ0n) is 24.4. The van der Waals surface area contributed by atoms with E-state index in [1.54, 1.807) is 43.3 Å². The number of ether oxygens (including phenoxy) is 1. The number of nitrogens with one attached hydrogen (secondary N) is 1. The molecule has 0 fully saturated rings. The van der Waals surface area contributed by atoms with Crippen LogP contribution in [0.4, 0.5) is 32.4 Å². The number of urea groups is 1. The number of hydrogen-bond acceptors (Lipinski definition) is 4. The van der Waals surface area contributed by atoms with Crippen LogP contribution in [0, 0.1) is 24.5 Å². The third-order valence-electron chi connectivity index (χ3n) is 7.41. The van der Waals surface area contributed by atoms with Crippen LogP contribution >= 0.6 is 0 Å². The van der Waals surface area contributed by atoms with Crippen molar-refractivity contribution in [2.45, 2.75) is 46.0 Å². The molecule has 0 bridgehead atoms. The standard InChI is InChI=1S/C32H32F5N5O2/c1-18(2)17-44-27-11-7-8-19(3)28(27)42-29(21-14-24(34)26(15-23(21)33)39-31(38)43)22-16-41(13-12-25(22)40-42)30(32(35,36)37)20-9-5-4-6-10-20/h4-11,14-15,18,30H,12-13,16-17H2,1-3H3,(H3,38,39,43). The van der Waals surface area contributed by atoms with Crippen LogP contribution in [0.5, 0.6) is 5.75 Å². The molecule has 2 amide bonds. The predicted octanol–water partition coefficient (Wildman–Crippen LogP) is 7.31. The topological polar surface area (TPSA) is 85.4 Å². The van der Waals surface area contributed by atoms with Crippen LogP contribution in [0.15, 0.2) is 60.7 Å². The number of nitrogens with zero attached hydrogens (tertiary/aromatic N) is 3. The molecule has 5 rings (SSSR count). The first kappa shape index (κ1) is 31.0. The van der Waals surface area contributed by atoms with E-state index in [1.807, 2.05) is 19.2 Å². The lowest BCUT2D eigenvalue weighted by atomic mass is 9.96. The van der Waals surface area contributed by atoms with Crippen molar-refractivity contribution >= 4 is 11.7 Å². The summed E-state index contributed by atoms with van der Waals surface area (Å²) in [7, 11) is 0. The van der Waals surface area contributed by atoms with Crippen molar-refractivity contribution in [3.8, 4) is 22.7 Å². The number of carbonyl (C=O) groups is 1. The van der Waals surface area contributed by atoms with Crippen molar-refractivity contribution in [1.29, 1.82) is 0 Å². The molecule has 3 aromatic carbocycles. The number of rotatable bonds is 8. The molecule has 44 heavy (non-hydrogen) atoms. The number of halogens is 5. The molecule has 1 aliphatic heterocycles. The highest BCUT2D eigenvalue weighted by Gasteiger charge is 2.46. The zero-order valence-corrected chi connectivity index (χ0v) is 24.4. The lowest BCUT2D eigenvalue weighted by Gasteiger charge is -2.35. The van der Waals surface area contributed by atoms with Crippen LogP contribution in [-0.2, 0) is 13.0 Å². The summed E-state index contributed by atoms with van der Waals surface area (Å²) in [5, 5.41) is 6.81. The van der Waals surface area contributed by atoms with Crippen LogP contribution in [0.1, 0.15) is 42.3 Å². The van der Waals surface area contributed by atoms with E-state index in [-0.39, 0.29) is 42.2 Å². The Morgan fingerprint density at radius 3 is 2.45 bits per heavy atom. The average molecular weight is 614 g/mol. The maximum atomic E-state index is 15.8. The third-order valence-corrected chi connectivity index (χ3v) is 7.41. The fourth-order valence-corrected chi connectivity index (χ4v) is 5.53. The quantitative estimate of drug-likeness (QED) is 0.204. The average Bonchev–Trinajstić information content (AvgIpc) is 3.31. The van der Waals surface area contributed by atoms with Crippen LogP contribution in [0.2, 0.25) is 0 Å². The summed E-state index contributed by atoms with van der Waals surface area (Å²) in [6.07, 6.45) is -4.48. The minimum Gasteiger partial charge on any atom is -0.491 e. The largest absolute Gasteiger partial charge is 0.491 e. The minimum atomic E-state index is -4.61. The molecule has 1 atom stereocenters. The van der Waals surface area contributed by atoms with E-state index in [0.29, 0.717) is 34.9 Å². The minimum absolute atomic E-state index is 0.0331. The van der Waals surface area contributed by atoms with Crippen molar-refractivity contribution in [3.05, 3.63) is 94.7 Å². The van der Waals surface area contributed by atoms with E-state index in [1.165, 1.54) is 21.7 Å². The van der Waals surface area contributed by atoms with Crippen molar-refractivity contribution in [2.75, 3.05) is 18.5 Å². The number of para-hydroxylation sites is 1. The van der Waals surface area contributed by atoms with Gasteiger partial charge in [0.15, 0.2) is 0 Å². The second-order valence-corrected chi connectivity index (χ2v) is 11.2. The van der Waals surface area contributed by atoms with E-state index in [0.717, 1.165) is 12.1 Å². The Morgan fingerprint density at radius 1 is 1.07 bits per heavy atom. The molecular formula is C32H32F5N5O2. The predicted molar refractivity (Wildman–Crippen MR) is 157 cm³/mol. The number of benzene rings is 3. The van der Waals surface area contributed by atoms with Crippen LogP contribution in [0.25, 0.3) is 16.9 Å². The second-order valence-electron chi connectivity index (χ2n) is 11.2. The van der Waals surface area contributed by atoms with Gasteiger partial charge in [-0.3, -0.25) is 4.90 Å². The summed E-state index contributed by atoms with van der Waals surface area (Å²) in [6.45, 7) is 5.92. The van der Waals surface area contributed by atoms with E-state index < -0.39 is 35.6 Å². The van der Waals surface area contributed by atoms with Crippen molar-refractivity contribution in [2.24, 2.45) is 11.7 Å². The Balaban J connectivity index is 1.72. The van der Waals surface area contributed by atoms with E-state index >= 15 is 8.78 Å². The van der Waals surface area contributed by atoms with E-state index in [2.05, 4.69) is 0 Å². The van der Waals surface area contributed by atoms with Crippen LogP contribution < -0.4 is 15.8 Å². The van der Waals surface area contributed by atoms with Crippen molar-refractivity contribution in [3.63, 3.8) is 0 Å². The van der Waals surface area contributed by atoms with Crippen molar-refractivity contribution in [1.82, 2.24) is 14.7 Å². The molecule has 0 saturated heterocycles. The summed E-state index contributed by atoms with van der Waals surface area (Å²) in [5.41, 5.74) is 6.50. The number of amides is 2. The second kappa shape index (κ2) is 12.3. The molecule has 1 unspecified atom stereocenters. The van der Waals surface area contributed by atoms with Gasteiger partial charge in [0.2, 0.25) is 0 Å². The number of fused-ring (bicyclic) bond motifs is 1. The number of nitrogens with two attached hydrogens (primary N) is 1. The Labute approximate surface area is 251 Å². The SMILES string of the molecule is Cc1cccc(OCC(C)C)c1-n1nc2c(c1-c1cc(F)c(NC(N)=O)cc1F)CN(C(c1ccccc1)C(F)(F)F)CC2. The van der Waals surface area contributed by atoms with Gasteiger partial charge in [0.05, 0.1) is 23.7 Å². The van der Waals surface area contributed by atoms with E-state index in [4.69, 9.17) is 15.6 Å². The fraction of sp³-hybridized carbons (Fsp3) is 0.312. The van der Waals surface area contributed by atoms with Gasteiger partial charge >= 0.3 is 12.2 Å². The molecule has 2 heterocycles. The fourth-order valence-electron chi connectivity index (χ4n) is 5.53. The summed E-state index contributed by atoms with van der Waals surface area (Å²) >= 11 is 0. The normalized spacial score (nSPS) is 14.4. The van der Waals surface area contributed by atoms with Gasteiger partial charge < -0.3 is 15.8 Å². The first-order chi connectivity index (χ1) is 20.8. The Hall–Kier alpha value is -4.45. The molecular weight excluding hydrogens is 581 g/mol. The first-order valence-corrected chi connectivity index (χ1v) is 14.1. The Kier molecular flexibility index (Phi) is 8.64. The molecule has 1 aromatic heterocycles. The summed E-state index contributed by atoms with van der Waals surface area (Å²) in [6, 6.07) is 11.6.